The maximum atomic E-state index is 15.2. The number of anilines is 1. The second-order valence-electron chi connectivity index (χ2n) is 9.84. The Balaban J connectivity index is 1.36. The molecule has 2 aromatic carbocycles. The lowest BCUT2D eigenvalue weighted by Crippen LogP contribution is -2.43. The molecule has 1 fully saturated rings. The lowest BCUT2D eigenvalue weighted by atomic mass is 9.97. The Bertz CT molecular complexity index is 1550. The van der Waals surface area contributed by atoms with Crippen LogP contribution < -0.4 is 15.8 Å². The van der Waals surface area contributed by atoms with E-state index in [4.69, 9.17) is 10.5 Å². The summed E-state index contributed by atoms with van der Waals surface area (Å²) in [6.45, 7) is 6.63. The van der Waals surface area contributed by atoms with Gasteiger partial charge in [0.1, 0.15) is 23.6 Å². The van der Waals surface area contributed by atoms with Gasteiger partial charge in [-0.25, -0.2) is 13.3 Å². The number of hydrogen-bond acceptors (Lipinski definition) is 7. The summed E-state index contributed by atoms with van der Waals surface area (Å²) in [5.74, 6) is -4.49. The quantitative estimate of drug-likeness (QED) is 0.325. The van der Waals surface area contributed by atoms with Crippen molar-refractivity contribution in [1.29, 1.82) is 0 Å². The van der Waals surface area contributed by atoms with Gasteiger partial charge < -0.3 is 20.7 Å². The van der Waals surface area contributed by atoms with E-state index in [9.17, 15) is 14.0 Å². The van der Waals surface area contributed by atoms with Crippen molar-refractivity contribution >= 4 is 23.0 Å². The number of likely N-dealkylation sites (N-methyl/N-ethyl adjacent to an activating group) is 1. The molecule has 0 bridgehead atoms. The van der Waals surface area contributed by atoms with Gasteiger partial charge in [-0.1, -0.05) is 6.07 Å². The molecule has 0 radical (unpaired) electrons. The molecule has 0 saturated carbocycles. The van der Waals surface area contributed by atoms with Crippen molar-refractivity contribution in [3.63, 3.8) is 0 Å². The number of halogens is 2. The summed E-state index contributed by atoms with van der Waals surface area (Å²) in [4.78, 5) is 33.8. The van der Waals surface area contributed by atoms with Crippen LogP contribution in [0.4, 0.5) is 14.5 Å². The molecule has 208 valence electrons. The SMILES string of the molecule is Cc1c(CN2CCN(C)CC2)cn2ncnc(Oc3ccc(C(C(N)=O)C(=O)Nc4ccc(F)cc4)cc3F)c12. The van der Waals surface area contributed by atoms with Gasteiger partial charge in [0.25, 0.3) is 0 Å². The number of aromatic nitrogens is 3. The topological polar surface area (TPSA) is 118 Å². The van der Waals surface area contributed by atoms with E-state index in [0.717, 1.165) is 62.0 Å². The molecule has 40 heavy (non-hydrogen) atoms. The lowest BCUT2D eigenvalue weighted by Gasteiger charge is -2.32. The van der Waals surface area contributed by atoms with Crippen LogP contribution in [0.1, 0.15) is 22.6 Å². The van der Waals surface area contributed by atoms with Crippen LogP contribution in [0.5, 0.6) is 11.6 Å². The van der Waals surface area contributed by atoms with Crippen molar-refractivity contribution in [3.8, 4) is 11.6 Å². The van der Waals surface area contributed by atoms with E-state index < -0.39 is 29.4 Å². The third-order valence-electron chi connectivity index (χ3n) is 7.04. The highest BCUT2D eigenvalue weighted by molar-refractivity contribution is 6.10. The Morgan fingerprint density at radius 3 is 2.50 bits per heavy atom. The molecule has 4 aromatic rings. The van der Waals surface area contributed by atoms with Gasteiger partial charge in [0.2, 0.25) is 17.7 Å². The van der Waals surface area contributed by atoms with Crippen LogP contribution in [-0.2, 0) is 16.1 Å². The van der Waals surface area contributed by atoms with Gasteiger partial charge in [0.15, 0.2) is 11.6 Å². The van der Waals surface area contributed by atoms with Crippen molar-refractivity contribution < 1.29 is 23.1 Å². The number of piperazine rings is 1. The van der Waals surface area contributed by atoms with Crippen LogP contribution in [0.3, 0.4) is 0 Å². The average molecular weight is 550 g/mol. The summed E-state index contributed by atoms with van der Waals surface area (Å²) >= 11 is 0. The molecule has 5 rings (SSSR count). The number of aryl methyl sites for hydroxylation is 1. The molecule has 1 unspecified atom stereocenters. The summed E-state index contributed by atoms with van der Waals surface area (Å²) in [6.07, 6.45) is 3.25. The highest BCUT2D eigenvalue weighted by atomic mass is 19.1. The molecule has 3 N–H and O–H groups in total. The third-order valence-corrected chi connectivity index (χ3v) is 7.04. The summed E-state index contributed by atoms with van der Waals surface area (Å²) in [7, 11) is 2.11. The number of nitrogens with one attached hydrogen (secondary N) is 1. The van der Waals surface area contributed by atoms with Gasteiger partial charge in [-0.05, 0) is 67.1 Å². The number of ether oxygens (including phenoxy) is 1. The summed E-state index contributed by atoms with van der Waals surface area (Å²) < 4.78 is 35.9. The molecule has 1 aliphatic rings. The van der Waals surface area contributed by atoms with E-state index in [1.165, 1.54) is 30.6 Å². The van der Waals surface area contributed by atoms with Crippen molar-refractivity contribution in [3.05, 3.63) is 83.3 Å². The maximum absolute atomic E-state index is 15.2. The number of nitrogens with zero attached hydrogens (tertiary/aromatic N) is 5. The number of rotatable bonds is 8. The number of carbonyl (C=O) groups excluding carboxylic acids is 2. The Morgan fingerprint density at radius 1 is 1.10 bits per heavy atom. The van der Waals surface area contributed by atoms with Crippen LogP contribution in [0.25, 0.3) is 5.52 Å². The molecule has 1 saturated heterocycles. The fourth-order valence-electron chi connectivity index (χ4n) is 4.73. The fraction of sp³-hybridized carbons (Fsp3) is 0.286. The average Bonchev–Trinajstić information content (AvgIpc) is 3.24. The lowest BCUT2D eigenvalue weighted by molar-refractivity contribution is -0.127. The first-order valence-corrected chi connectivity index (χ1v) is 12.8. The first-order valence-electron chi connectivity index (χ1n) is 12.8. The highest BCUT2D eigenvalue weighted by Gasteiger charge is 2.28. The van der Waals surface area contributed by atoms with Gasteiger partial charge in [0, 0.05) is 44.6 Å². The number of carbonyl (C=O) groups is 2. The Labute approximate surface area is 229 Å². The van der Waals surface area contributed by atoms with Gasteiger partial charge in [0.05, 0.1) is 0 Å². The van der Waals surface area contributed by atoms with Gasteiger partial charge in [-0.15, -0.1) is 0 Å². The van der Waals surface area contributed by atoms with Crippen molar-refractivity contribution in [2.75, 3.05) is 38.5 Å². The van der Waals surface area contributed by atoms with E-state index in [0.29, 0.717) is 5.52 Å². The van der Waals surface area contributed by atoms with E-state index in [2.05, 4.69) is 32.2 Å². The van der Waals surface area contributed by atoms with Crippen LogP contribution in [-0.4, -0.2) is 69.4 Å². The maximum Gasteiger partial charge on any atom is 0.247 e. The number of nitrogens with two attached hydrogens (primary N) is 1. The van der Waals surface area contributed by atoms with Crippen LogP contribution in [0.15, 0.2) is 55.0 Å². The molecule has 1 atom stereocenters. The van der Waals surface area contributed by atoms with E-state index >= 15 is 4.39 Å². The standard InChI is InChI=1S/C28H29F2N7O3/c1-17-19(14-36-11-9-35(2)10-12-36)15-37-25(17)28(32-16-33-37)40-23-8-3-18(13-22(23)30)24(26(31)38)27(39)34-21-6-4-20(29)5-7-21/h3-8,13,15-16,24H,9-12,14H2,1-2H3,(H2,31,38)(H,34,39). The van der Waals surface area contributed by atoms with E-state index in [1.807, 2.05) is 13.1 Å². The monoisotopic (exact) mass is 549 g/mol. The van der Waals surface area contributed by atoms with Crippen molar-refractivity contribution in [2.24, 2.45) is 5.73 Å². The Hall–Kier alpha value is -4.42. The second-order valence-corrected chi connectivity index (χ2v) is 9.84. The number of benzene rings is 2. The number of amides is 2. The molecule has 3 heterocycles. The molecular weight excluding hydrogens is 520 g/mol. The molecule has 2 aromatic heterocycles. The summed E-state index contributed by atoms with van der Waals surface area (Å²) in [6, 6.07) is 8.72. The molecule has 0 spiro atoms. The molecule has 2 amide bonds. The molecule has 0 aliphatic carbocycles. The molecular formula is C28H29F2N7O3. The van der Waals surface area contributed by atoms with Crippen LogP contribution in [0.2, 0.25) is 0 Å². The van der Waals surface area contributed by atoms with E-state index in [1.54, 1.807) is 4.52 Å². The molecule has 12 heteroatoms. The van der Waals surface area contributed by atoms with E-state index in [-0.39, 0.29) is 22.9 Å². The number of fused-ring (bicyclic) bond motifs is 1. The van der Waals surface area contributed by atoms with Crippen molar-refractivity contribution in [2.45, 2.75) is 19.4 Å². The van der Waals surface area contributed by atoms with Crippen LogP contribution >= 0.6 is 0 Å². The van der Waals surface area contributed by atoms with Crippen LogP contribution in [0, 0.1) is 18.6 Å². The number of primary amides is 1. The third kappa shape index (κ3) is 5.77. The van der Waals surface area contributed by atoms with Gasteiger partial charge in [-0.3, -0.25) is 14.5 Å². The molecule has 10 nitrogen and oxygen atoms in total. The largest absolute Gasteiger partial charge is 0.434 e. The Morgan fingerprint density at radius 2 is 1.82 bits per heavy atom. The fourth-order valence-corrected chi connectivity index (χ4v) is 4.73. The Kier molecular flexibility index (Phi) is 7.71. The first kappa shape index (κ1) is 27.2. The summed E-state index contributed by atoms with van der Waals surface area (Å²) in [5.41, 5.74) is 8.39. The summed E-state index contributed by atoms with van der Waals surface area (Å²) in [5, 5.41) is 6.79. The minimum Gasteiger partial charge on any atom is -0.434 e. The zero-order chi connectivity index (χ0) is 28.4. The predicted octanol–water partition coefficient (Wildman–Crippen LogP) is 3.06. The predicted molar refractivity (Wildman–Crippen MR) is 144 cm³/mol. The zero-order valence-corrected chi connectivity index (χ0v) is 22.1. The molecule has 1 aliphatic heterocycles. The minimum atomic E-state index is -1.48. The van der Waals surface area contributed by atoms with Crippen molar-refractivity contribution in [1.82, 2.24) is 24.4 Å². The van der Waals surface area contributed by atoms with Gasteiger partial charge in [-0.2, -0.15) is 10.1 Å². The smallest absolute Gasteiger partial charge is 0.247 e. The van der Waals surface area contributed by atoms with Gasteiger partial charge >= 0.3 is 0 Å². The first-order chi connectivity index (χ1) is 19.2. The highest BCUT2D eigenvalue weighted by Crippen LogP contribution is 2.32. The minimum absolute atomic E-state index is 0.0399. The number of hydrogen-bond donors (Lipinski definition) is 2. The normalized spacial score (nSPS) is 15.2. The zero-order valence-electron chi connectivity index (χ0n) is 22.1. The second kappa shape index (κ2) is 11.4.